The summed E-state index contributed by atoms with van der Waals surface area (Å²) < 4.78 is 14.9. The Balaban J connectivity index is 1.52. The first kappa shape index (κ1) is 24.1. The molecule has 0 spiro atoms. The number of ether oxygens (including phenoxy) is 2. The van der Waals surface area contributed by atoms with E-state index < -0.39 is 0 Å². The Kier molecular flexibility index (Phi) is 9.43. The predicted octanol–water partition coefficient (Wildman–Crippen LogP) is 2.77. The number of esters is 1. The number of aromatic nitrogens is 2. The quantitative estimate of drug-likeness (QED) is 0.477. The van der Waals surface area contributed by atoms with Crippen molar-refractivity contribution in [3.8, 4) is 0 Å². The normalized spacial score (nSPS) is 14.4. The molecule has 8 nitrogen and oxygen atoms in total. The molecule has 1 amide bonds. The van der Waals surface area contributed by atoms with Crippen LogP contribution in [0.5, 0.6) is 0 Å². The van der Waals surface area contributed by atoms with Crippen molar-refractivity contribution in [1.29, 1.82) is 0 Å². The Labute approximate surface area is 193 Å². The number of hydrogen-bond acceptors (Lipinski definition) is 8. The number of rotatable bonds is 11. The highest BCUT2D eigenvalue weighted by Crippen LogP contribution is 2.21. The number of carbonyl (C=O) groups excluding carboxylic acids is 2. The number of benzene rings is 1. The second-order valence-electron chi connectivity index (χ2n) is 7.79. The summed E-state index contributed by atoms with van der Waals surface area (Å²) in [7, 11) is 1.66. The lowest BCUT2D eigenvalue weighted by Crippen LogP contribution is -2.42. The van der Waals surface area contributed by atoms with Gasteiger partial charge in [-0.15, -0.1) is 0 Å². The lowest BCUT2D eigenvalue weighted by Gasteiger charge is -2.31. The summed E-state index contributed by atoms with van der Waals surface area (Å²) >= 11 is 1.36. The molecule has 1 aromatic carbocycles. The van der Waals surface area contributed by atoms with Crippen molar-refractivity contribution < 1.29 is 19.1 Å². The zero-order valence-electron chi connectivity index (χ0n) is 18.9. The van der Waals surface area contributed by atoms with Crippen LogP contribution in [-0.4, -0.2) is 72.6 Å². The molecule has 2 aromatic rings. The molecule has 3 rings (SSSR count). The number of carbonyl (C=O) groups is 2. The van der Waals surface area contributed by atoms with Gasteiger partial charge in [-0.1, -0.05) is 30.3 Å². The number of piperidine rings is 1. The van der Waals surface area contributed by atoms with E-state index in [1.807, 2.05) is 30.0 Å². The first-order valence-electron chi connectivity index (χ1n) is 11.2. The summed E-state index contributed by atoms with van der Waals surface area (Å²) in [6, 6.07) is 10.1. The van der Waals surface area contributed by atoms with E-state index in [4.69, 9.17) is 14.5 Å². The number of nitrogens with zero attached hydrogens (tertiary/aromatic N) is 4. The third-order valence-electron chi connectivity index (χ3n) is 5.56. The topological polar surface area (TPSA) is 84.9 Å². The Bertz CT molecular complexity index is 853. The van der Waals surface area contributed by atoms with Gasteiger partial charge in [0.15, 0.2) is 0 Å². The fourth-order valence-corrected chi connectivity index (χ4v) is 4.48. The van der Waals surface area contributed by atoms with Crippen molar-refractivity contribution in [2.75, 3.05) is 51.4 Å². The van der Waals surface area contributed by atoms with Gasteiger partial charge in [0.2, 0.25) is 11.0 Å². The van der Waals surface area contributed by atoms with Crippen LogP contribution in [0.4, 0.5) is 5.13 Å². The highest BCUT2D eigenvalue weighted by Gasteiger charge is 2.28. The highest BCUT2D eigenvalue weighted by molar-refractivity contribution is 7.09. The first-order valence-corrected chi connectivity index (χ1v) is 11.9. The van der Waals surface area contributed by atoms with E-state index in [-0.39, 0.29) is 17.8 Å². The van der Waals surface area contributed by atoms with Crippen molar-refractivity contribution in [2.24, 2.45) is 5.92 Å². The van der Waals surface area contributed by atoms with E-state index >= 15 is 0 Å². The summed E-state index contributed by atoms with van der Waals surface area (Å²) in [5.74, 6) is 0.643. The average Bonchev–Trinajstić information content (AvgIpc) is 3.28. The maximum absolute atomic E-state index is 12.8. The summed E-state index contributed by atoms with van der Waals surface area (Å²) in [5, 5.41) is 0.807. The highest BCUT2D eigenvalue weighted by atomic mass is 32.1. The minimum absolute atomic E-state index is 0.0957. The fraction of sp³-hybridized carbons (Fsp3) is 0.565. The lowest BCUT2D eigenvalue weighted by molar-refractivity contribution is -0.151. The van der Waals surface area contributed by atoms with Gasteiger partial charge in [-0.2, -0.15) is 4.37 Å². The number of likely N-dealkylation sites (tertiary alicyclic amines) is 1. The van der Waals surface area contributed by atoms with Crippen LogP contribution >= 0.6 is 11.5 Å². The third-order valence-corrected chi connectivity index (χ3v) is 6.38. The molecule has 1 fully saturated rings. The third kappa shape index (κ3) is 7.00. The molecule has 0 radical (unpaired) electrons. The number of hydrogen-bond donors (Lipinski definition) is 0. The minimum atomic E-state index is -0.145. The molecule has 9 heteroatoms. The average molecular weight is 461 g/mol. The van der Waals surface area contributed by atoms with Crippen LogP contribution < -0.4 is 4.90 Å². The Morgan fingerprint density at radius 2 is 1.94 bits per heavy atom. The predicted molar refractivity (Wildman–Crippen MR) is 124 cm³/mol. The van der Waals surface area contributed by atoms with Gasteiger partial charge in [0.05, 0.1) is 19.1 Å². The zero-order chi connectivity index (χ0) is 22.8. The number of anilines is 1. The molecule has 2 heterocycles. The van der Waals surface area contributed by atoms with Crippen molar-refractivity contribution in [1.82, 2.24) is 14.3 Å². The molecule has 1 saturated heterocycles. The van der Waals surface area contributed by atoms with Gasteiger partial charge < -0.3 is 19.3 Å². The van der Waals surface area contributed by atoms with Gasteiger partial charge in [0.1, 0.15) is 5.82 Å². The minimum Gasteiger partial charge on any atom is -0.466 e. The maximum Gasteiger partial charge on any atom is 0.309 e. The molecule has 0 N–H and O–H groups in total. The molecule has 0 saturated carbocycles. The van der Waals surface area contributed by atoms with E-state index in [0.717, 1.165) is 11.0 Å². The van der Waals surface area contributed by atoms with Gasteiger partial charge in [-0.3, -0.25) is 9.59 Å². The monoisotopic (exact) mass is 460 g/mol. The molecule has 1 aromatic heterocycles. The van der Waals surface area contributed by atoms with Crippen LogP contribution in [0.15, 0.2) is 30.3 Å². The van der Waals surface area contributed by atoms with E-state index in [1.54, 1.807) is 7.11 Å². The molecule has 0 bridgehead atoms. The molecule has 174 valence electrons. The standard InChI is InChI=1S/C23H32N4O4S/c1-3-31-22(29)19-9-12-26(13-10-19)21(28)11-14-27(15-16-30-2)23-24-20(25-32-23)17-18-7-5-4-6-8-18/h4-8,19H,3,9-17H2,1-2H3. The van der Waals surface area contributed by atoms with Gasteiger partial charge in [-0.05, 0) is 25.3 Å². The van der Waals surface area contributed by atoms with Gasteiger partial charge in [0.25, 0.3) is 0 Å². The lowest BCUT2D eigenvalue weighted by atomic mass is 9.97. The summed E-state index contributed by atoms with van der Waals surface area (Å²) in [4.78, 5) is 33.3. The van der Waals surface area contributed by atoms with E-state index in [0.29, 0.717) is 65.1 Å². The summed E-state index contributed by atoms with van der Waals surface area (Å²) in [6.45, 7) is 5.16. The fourth-order valence-electron chi connectivity index (χ4n) is 3.74. The van der Waals surface area contributed by atoms with E-state index in [1.165, 1.54) is 17.1 Å². The Morgan fingerprint density at radius 1 is 1.19 bits per heavy atom. The van der Waals surface area contributed by atoms with Crippen LogP contribution in [-0.2, 0) is 25.5 Å². The van der Waals surface area contributed by atoms with Crippen LogP contribution in [0.25, 0.3) is 0 Å². The number of methoxy groups -OCH3 is 1. The summed E-state index contributed by atoms with van der Waals surface area (Å²) in [5.41, 5.74) is 1.17. The maximum atomic E-state index is 12.8. The zero-order valence-corrected chi connectivity index (χ0v) is 19.7. The van der Waals surface area contributed by atoms with E-state index in [9.17, 15) is 9.59 Å². The SMILES string of the molecule is CCOC(=O)C1CCN(C(=O)CCN(CCOC)c2nc(Cc3ccccc3)ns2)CC1. The first-order chi connectivity index (χ1) is 15.6. The number of amides is 1. The molecule has 0 atom stereocenters. The van der Waals surface area contributed by atoms with Crippen molar-refractivity contribution >= 4 is 28.5 Å². The largest absolute Gasteiger partial charge is 0.466 e. The summed E-state index contributed by atoms with van der Waals surface area (Å²) in [6.07, 6.45) is 2.40. The molecule has 0 aliphatic carbocycles. The molecule has 1 aliphatic heterocycles. The Hall–Kier alpha value is -2.52. The Morgan fingerprint density at radius 3 is 2.62 bits per heavy atom. The van der Waals surface area contributed by atoms with E-state index in [2.05, 4.69) is 21.4 Å². The van der Waals surface area contributed by atoms with Gasteiger partial charge >= 0.3 is 5.97 Å². The molecular weight excluding hydrogens is 428 g/mol. The van der Waals surface area contributed by atoms with Crippen LogP contribution in [0.3, 0.4) is 0 Å². The van der Waals surface area contributed by atoms with Crippen molar-refractivity contribution in [3.63, 3.8) is 0 Å². The molecular formula is C23H32N4O4S. The second kappa shape index (κ2) is 12.5. The van der Waals surface area contributed by atoms with Crippen molar-refractivity contribution in [2.45, 2.75) is 32.6 Å². The van der Waals surface area contributed by atoms with Crippen LogP contribution in [0.1, 0.15) is 37.6 Å². The van der Waals surface area contributed by atoms with Gasteiger partial charge in [-0.25, -0.2) is 4.98 Å². The van der Waals surface area contributed by atoms with Crippen LogP contribution in [0, 0.1) is 5.92 Å². The smallest absolute Gasteiger partial charge is 0.309 e. The van der Waals surface area contributed by atoms with Crippen molar-refractivity contribution in [3.05, 3.63) is 41.7 Å². The van der Waals surface area contributed by atoms with Gasteiger partial charge in [0, 0.05) is 57.7 Å². The van der Waals surface area contributed by atoms with Crippen LogP contribution in [0.2, 0.25) is 0 Å². The molecule has 32 heavy (non-hydrogen) atoms. The second-order valence-corrected chi connectivity index (χ2v) is 8.52. The molecule has 1 aliphatic rings. The molecule has 0 unspecified atom stereocenters.